The van der Waals surface area contributed by atoms with Crippen LogP contribution in [-0.4, -0.2) is 29.1 Å². The molecule has 1 aromatic heterocycles. The van der Waals surface area contributed by atoms with Gasteiger partial charge in [-0.2, -0.15) is 0 Å². The van der Waals surface area contributed by atoms with Crippen LogP contribution in [0, 0.1) is 0 Å². The molecular formula is C16H16BrNO4. The van der Waals surface area contributed by atoms with Crippen molar-refractivity contribution in [2.45, 2.75) is 18.8 Å². The zero-order valence-corrected chi connectivity index (χ0v) is 13.6. The number of benzene rings is 1. The topological polar surface area (TPSA) is 79.4 Å². The van der Waals surface area contributed by atoms with Crippen LogP contribution in [0.3, 0.4) is 0 Å². The van der Waals surface area contributed by atoms with Crippen LogP contribution in [0.2, 0.25) is 0 Å². The first kappa shape index (κ1) is 16.3. The number of methoxy groups -OCH3 is 1. The molecule has 0 aliphatic heterocycles. The zero-order valence-electron chi connectivity index (χ0n) is 12.0. The molecule has 1 heterocycles. The molecule has 0 fully saturated rings. The number of hydrogen-bond acceptors (Lipinski definition) is 3. The molecule has 0 amide bonds. The van der Waals surface area contributed by atoms with Crippen molar-refractivity contribution in [3.8, 4) is 0 Å². The molecule has 1 atom stereocenters. The Labute approximate surface area is 136 Å². The van der Waals surface area contributed by atoms with Crippen molar-refractivity contribution in [3.63, 3.8) is 0 Å². The third-order valence-electron chi connectivity index (χ3n) is 3.40. The summed E-state index contributed by atoms with van der Waals surface area (Å²) in [6.45, 7) is 0. The van der Waals surface area contributed by atoms with Crippen molar-refractivity contribution in [2.24, 2.45) is 0 Å². The smallest absolute Gasteiger partial charge is 0.354 e. The number of halogens is 1. The number of carboxylic acid groups (broad SMARTS) is 1. The van der Waals surface area contributed by atoms with E-state index < -0.39 is 11.9 Å². The van der Waals surface area contributed by atoms with Crippen molar-refractivity contribution < 1.29 is 19.4 Å². The average molecular weight is 366 g/mol. The third kappa shape index (κ3) is 4.21. The van der Waals surface area contributed by atoms with Crippen LogP contribution in [0.1, 0.15) is 34.0 Å². The molecule has 2 aromatic rings. The first-order valence-electron chi connectivity index (χ1n) is 6.72. The van der Waals surface area contributed by atoms with Crippen LogP contribution >= 0.6 is 15.9 Å². The van der Waals surface area contributed by atoms with E-state index in [-0.39, 0.29) is 12.3 Å². The van der Waals surface area contributed by atoms with Crippen molar-refractivity contribution in [3.05, 3.63) is 57.8 Å². The Morgan fingerprint density at radius 1 is 1.32 bits per heavy atom. The first-order valence-corrected chi connectivity index (χ1v) is 7.51. The molecule has 1 aromatic carbocycles. The highest BCUT2D eigenvalue weighted by Gasteiger charge is 2.19. The molecule has 22 heavy (non-hydrogen) atoms. The summed E-state index contributed by atoms with van der Waals surface area (Å²) in [6.07, 6.45) is 2.24. The van der Waals surface area contributed by atoms with Gasteiger partial charge in [-0.25, -0.2) is 4.79 Å². The number of rotatable bonds is 6. The van der Waals surface area contributed by atoms with E-state index in [1.807, 2.05) is 24.3 Å². The second kappa shape index (κ2) is 7.26. The molecule has 0 aliphatic rings. The van der Waals surface area contributed by atoms with E-state index in [1.54, 1.807) is 12.3 Å². The monoisotopic (exact) mass is 365 g/mol. The van der Waals surface area contributed by atoms with Gasteiger partial charge in [0, 0.05) is 10.7 Å². The predicted octanol–water partition coefficient (Wildman–Crippen LogP) is 3.36. The zero-order chi connectivity index (χ0) is 16.1. The number of carbonyl (C=O) groups is 2. The van der Waals surface area contributed by atoms with Gasteiger partial charge in [-0.3, -0.25) is 4.79 Å². The minimum atomic E-state index is -0.872. The van der Waals surface area contributed by atoms with Crippen molar-refractivity contribution in [2.75, 3.05) is 7.11 Å². The number of aromatic amines is 1. The second-order valence-corrected chi connectivity index (χ2v) is 5.88. The number of carbonyl (C=O) groups excluding carboxylic acids is 1. The minimum absolute atomic E-state index is 0.00543. The Kier molecular flexibility index (Phi) is 5.38. The normalized spacial score (nSPS) is 11.9. The van der Waals surface area contributed by atoms with Gasteiger partial charge in [0.2, 0.25) is 0 Å². The Morgan fingerprint density at radius 3 is 2.59 bits per heavy atom. The summed E-state index contributed by atoms with van der Waals surface area (Å²) >= 11 is 3.37. The molecule has 0 aliphatic carbocycles. The number of H-pyrrole nitrogens is 1. The predicted molar refractivity (Wildman–Crippen MR) is 85.0 cm³/mol. The van der Waals surface area contributed by atoms with Crippen LogP contribution in [-0.2, 0) is 16.0 Å². The molecule has 0 bridgehead atoms. The number of aromatic nitrogens is 1. The number of esters is 1. The van der Waals surface area contributed by atoms with Gasteiger partial charge in [0.1, 0.15) is 5.69 Å². The Hall–Kier alpha value is -2.08. The Balaban J connectivity index is 2.21. The number of carboxylic acids is 1. The summed E-state index contributed by atoms with van der Waals surface area (Å²) in [5, 5.41) is 9.12. The highest BCUT2D eigenvalue weighted by Crippen LogP contribution is 2.26. The maximum atomic E-state index is 11.5. The van der Waals surface area contributed by atoms with E-state index in [0.717, 1.165) is 15.6 Å². The lowest BCUT2D eigenvalue weighted by Crippen LogP contribution is -2.09. The van der Waals surface area contributed by atoms with Crippen LogP contribution in [0.15, 0.2) is 41.0 Å². The fourth-order valence-corrected chi connectivity index (χ4v) is 2.56. The van der Waals surface area contributed by atoms with Crippen LogP contribution in [0.5, 0.6) is 0 Å². The summed E-state index contributed by atoms with van der Waals surface area (Å²) in [7, 11) is 1.30. The number of nitrogens with one attached hydrogen (secondary N) is 1. The van der Waals surface area contributed by atoms with Gasteiger partial charge in [0.05, 0.1) is 13.5 Å². The minimum Gasteiger partial charge on any atom is -0.481 e. The van der Waals surface area contributed by atoms with Crippen molar-refractivity contribution in [1.29, 1.82) is 0 Å². The standard InChI is InChI=1S/C16H16BrNO4/c1-22-16(21)14-7-12(9-18-14)11(8-15(19)20)6-10-2-4-13(17)5-3-10/h2-5,7,9,11,18H,6,8H2,1H3,(H,19,20). The summed E-state index contributed by atoms with van der Waals surface area (Å²) < 4.78 is 5.62. The van der Waals surface area contributed by atoms with Crippen LogP contribution < -0.4 is 0 Å². The van der Waals surface area contributed by atoms with E-state index in [9.17, 15) is 9.59 Å². The molecular weight excluding hydrogens is 350 g/mol. The molecule has 0 saturated heterocycles. The highest BCUT2D eigenvalue weighted by atomic mass is 79.9. The molecule has 1 unspecified atom stereocenters. The lowest BCUT2D eigenvalue weighted by atomic mass is 9.91. The fourth-order valence-electron chi connectivity index (χ4n) is 2.30. The van der Waals surface area contributed by atoms with Crippen molar-refractivity contribution in [1.82, 2.24) is 4.98 Å². The van der Waals surface area contributed by atoms with E-state index in [0.29, 0.717) is 12.1 Å². The van der Waals surface area contributed by atoms with Crippen molar-refractivity contribution >= 4 is 27.9 Å². The van der Waals surface area contributed by atoms with E-state index in [1.165, 1.54) is 7.11 Å². The second-order valence-electron chi connectivity index (χ2n) is 4.96. The molecule has 116 valence electrons. The summed E-state index contributed by atoms with van der Waals surface area (Å²) in [5.74, 6) is -1.56. The molecule has 5 nitrogen and oxygen atoms in total. The molecule has 0 radical (unpaired) electrons. The summed E-state index contributed by atoms with van der Waals surface area (Å²) in [4.78, 5) is 25.4. The molecule has 6 heteroatoms. The maximum Gasteiger partial charge on any atom is 0.354 e. The third-order valence-corrected chi connectivity index (χ3v) is 3.93. The van der Waals surface area contributed by atoms with Gasteiger partial charge in [-0.05, 0) is 41.7 Å². The average Bonchev–Trinajstić information content (AvgIpc) is 2.97. The highest BCUT2D eigenvalue weighted by molar-refractivity contribution is 9.10. The van der Waals surface area contributed by atoms with Gasteiger partial charge >= 0.3 is 11.9 Å². The molecule has 2 rings (SSSR count). The SMILES string of the molecule is COC(=O)c1cc(C(CC(=O)O)Cc2ccc(Br)cc2)c[nH]1. The quantitative estimate of drug-likeness (QED) is 0.769. The van der Waals surface area contributed by atoms with Crippen LogP contribution in [0.4, 0.5) is 0 Å². The van der Waals surface area contributed by atoms with Gasteiger partial charge in [-0.15, -0.1) is 0 Å². The lowest BCUT2D eigenvalue weighted by molar-refractivity contribution is -0.137. The Morgan fingerprint density at radius 2 is 2.00 bits per heavy atom. The van der Waals surface area contributed by atoms with Crippen LogP contribution in [0.25, 0.3) is 0 Å². The first-order chi connectivity index (χ1) is 10.5. The molecule has 2 N–H and O–H groups in total. The van der Waals surface area contributed by atoms with E-state index in [2.05, 4.69) is 25.7 Å². The molecule has 0 spiro atoms. The summed E-state index contributed by atoms with van der Waals surface area (Å²) in [5.41, 5.74) is 2.14. The Bertz CT molecular complexity index is 663. The van der Waals surface area contributed by atoms with Gasteiger partial charge in [0.25, 0.3) is 0 Å². The summed E-state index contributed by atoms with van der Waals surface area (Å²) in [6, 6.07) is 9.40. The van der Waals surface area contributed by atoms with Gasteiger partial charge in [-0.1, -0.05) is 28.1 Å². The maximum absolute atomic E-state index is 11.5. The van der Waals surface area contributed by atoms with Gasteiger partial charge < -0.3 is 14.8 Å². The molecule has 0 saturated carbocycles. The van der Waals surface area contributed by atoms with E-state index in [4.69, 9.17) is 5.11 Å². The number of ether oxygens (including phenoxy) is 1. The van der Waals surface area contributed by atoms with E-state index >= 15 is 0 Å². The largest absolute Gasteiger partial charge is 0.481 e. The lowest BCUT2D eigenvalue weighted by Gasteiger charge is -2.13. The fraction of sp³-hybridized carbons (Fsp3) is 0.250. The van der Waals surface area contributed by atoms with Gasteiger partial charge in [0.15, 0.2) is 0 Å². The number of aliphatic carboxylic acids is 1. The number of hydrogen-bond donors (Lipinski definition) is 2.